The van der Waals surface area contributed by atoms with Crippen molar-refractivity contribution in [2.24, 2.45) is 5.14 Å². The number of nitrogens with one attached hydrogen (secondary N) is 1. The van der Waals surface area contributed by atoms with Crippen molar-refractivity contribution in [2.75, 3.05) is 5.32 Å². The van der Waals surface area contributed by atoms with Gasteiger partial charge in [0, 0.05) is 13.8 Å². The minimum absolute atomic E-state index is 0.248. The Hall–Kier alpha value is -1.74. The summed E-state index contributed by atoms with van der Waals surface area (Å²) in [6, 6.07) is 0. The van der Waals surface area contributed by atoms with E-state index in [0.29, 0.717) is 0 Å². The van der Waals surface area contributed by atoms with Crippen molar-refractivity contribution in [3.63, 3.8) is 0 Å². The van der Waals surface area contributed by atoms with Crippen LogP contribution in [0.15, 0.2) is 11.4 Å². The van der Waals surface area contributed by atoms with E-state index in [1.807, 2.05) is 0 Å². The minimum atomic E-state index is -4.09. The fourth-order valence-corrected chi connectivity index (χ4v) is 1.67. The van der Waals surface area contributed by atoms with Crippen LogP contribution in [-0.4, -0.2) is 29.8 Å². The molecule has 0 fully saturated rings. The van der Waals surface area contributed by atoms with Gasteiger partial charge in [-0.25, -0.2) is 18.5 Å². The lowest BCUT2D eigenvalue weighted by Crippen LogP contribution is -2.19. The summed E-state index contributed by atoms with van der Waals surface area (Å²) in [4.78, 5) is 25.5. The predicted octanol–water partition coefficient (Wildman–Crippen LogP) is -0.851. The second-order valence-electron chi connectivity index (χ2n) is 3.01. The number of carbonyl (C=O) groups excluding carboxylic acids is 2. The fraction of sp³-hybridized carbons (Fsp3) is 0.286. The Labute approximate surface area is 91.5 Å². The van der Waals surface area contributed by atoms with E-state index in [1.54, 1.807) is 0 Å². The van der Waals surface area contributed by atoms with Crippen LogP contribution in [0.5, 0.6) is 0 Å². The first-order valence-electron chi connectivity index (χ1n) is 4.12. The van der Waals surface area contributed by atoms with Crippen LogP contribution in [-0.2, 0) is 14.8 Å². The van der Waals surface area contributed by atoms with Crippen molar-refractivity contribution < 1.29 is 18.0 Å². The van der Waals surface area contributed by atoms with Crippen molar-refractivity contribution in [1.82, 2.24) is 9.55 Å². The molecule has 1 heterocycles. The molecule has 0 aliphatic carbocycles. The molecule has 88 valence electrons. The Kier molecular flexibility index (Phi) is 3.10. The van der Waals surface area contributed by atoms with Gasteiger partial charge in [-0.05, 0) is 0 Å². The van der Waals surface area contributed by atoms with Gasteiger partial charge in [-0.15, -0.1) is 0 Å². The maximum Gasteiger partial charge on any atom is 0.259 e. The van der Waals surface area contributed by atoms with Gasteiger partial charge in [0.05, 0.1) is 0 Å². The number of primary sulfonamides is 1. The molecule has 16 heavy (non-hydrogen) atoms. The summed E-state index contributed by atoms with van der Waals surface area (Å²) in [6.07, 6.45) is 0.980. The van der Waals surface area contributed by atoms with Crippen LogP contribution in [0.25, 0.3) is 0 Å². The van der Waals surface area contributed by atoms with E-state index in [4.69, 9.17) is 5.14 Å². The molecule has 1 aromatic heterocycles. The Balaban J connectivity index is 3.42. The van der Waals surface area contributed by atoms with Crippen molar-refractivity contribution >= 4 is 27.7 Å². The lowest BCUT2D eigenvalue weighted by molar-refractivity contribution is -0.114. The van der Waals surface area contributed by atoms with Crippen molar-refractivity contribution in [2.45, 2.75) is 18.9 Å². The predicted molar refractivity (Wildman–Crippen MR) is 54.2 cm³/mol. The third-order valence-corrected chi connectivity index (χ3v) is 2.47. The summed E-state index contributed by atoms with van der Waals surface area (Å²) in [6.45, 7) is 2.37. The van der Waals surface area contributed by atoms with Gasteiger partial charge in [-0.1, -0.05) is 0 Å². The van der Waals surface area contributed by atoms with Crippen molar-refractivity contribution in [1.29, 1.82) is 0 Å². The highest BCUT2D eigenvalue weighted by molar-refractivity contribution is 7.89. The molecular weight excluding hydrogens is 236 g/mol. The zero-order valence-electron chi connectivity index (χ0n) is 8.59. The van der Waals surface area contributed by atoms with Crippen LogP contribution >= 0.6 is 0 Å². The Morgan fingerprint density at radius 3 is 2.38 bits per heavy atom. The third kappa shape index (κ3) is 2.44. The molecule has 0 unspecified atom stereocenters. The number of aromatic nitrogens is 2. The Morgan fingerprint density at radius 1 is 1.44 bits per heavy atom. The number of amides is 1. The number of anilines is 1. The number of rotatable bonds is 2. The number of sulfonamides is 1. The van der Waals surface area contributed by atoms with Gasteiger partial charge in [-0.3, -0.25) is 14.2 Å². The van der Waals surface area contributed by atoms with Crippen LogP contribution in [0.4, 0.5) is 5.82 Å². The van der Waals surface area contributed by atoms with Gasteiger partial charge in [0.2, 0.25) is 16.8 Å². The standard InChI is InChI=1S/C7H10N4O4S/c1-4(12)10-6-7(16(8,14)15)9-3-11(6)5(2)13/h3H,1-2H3,(H,10,12)(H2,8,14,15). The van der Waals surface area contributed by atoms with Crippen LogP contribution in [0.3, 0.4) is 0 Å². The van der Waals surface area contributed by atoms with E-state index in [2.05, 4.69) is 10.3 Å². The maximum atomic E-state index is 11.1. The number of nitrogens with zero attached hydrogens (tertiary/aromatic N) is 2. The van der Waals surface area contributed by atoms with Crippen LogP contribution < -0.4 is 10.5 Å². The molecule has 0 bridgehead atoms. The van der Waals surface area contributed by atoms with Gasteiger partial charge in [0.1, 0.15) is 6.33 Å². The molecule has 0 saturated carbocycles. The highest BCUT2D eigenvalue weighted by Gasteiger charge is 2.22. The summed E-state index contributed by atoms with van der Waals surface area (Å²) in [5.41, 5.74) is 0. The molecule has 1 aromatic rings. The fourth-order valence-electron chi connectivity index (χ4n) is 1.06. The molecule has 0 radical (unpaired) electrons. The number of hydrogen-bond acceptors (Lipinski definition) is 5. The van der Waals surface area contributed by atoms with E-state index >= 15 is 0 Å². The normalized spacial score (nSPS) is 11.2. The molecule has 3 N–H and O–H groups in total. The first-order chi connectivity index (χ1) is 7.23. The summed E-state index contributed by atoms with van der Waals surface area (Å²) >= 11 is 0. The average molecular weight is 246 g/mol. The first kappa shape index (κ1) is 12.3. The smallest absolute Gasteiger partial charge is 0.259 e. The molecule has 0 aromatic carbocycles. The Morgan fingerprint density at radius 2 is 2.00 bits per heavy atom. The van der Waals surface area contributed by atoms with E-state index in [1.165, 1.54) is 13.8 Å². The highest BCUT2D eigenvalue weighted by Crippen LogP contribution is 2.18. The topological polar surface area (TPSA) is 124 Å². The van der Waals surface area contributed by atoms with Crippen molar-refractivity contribution in [3.8, 4) is 0 Å². The molecule has 0 atom stereocenters. The molecule has 0 saturated heterocycles. The van der Waals surface area contributed by atoms with Gasteiger partial charge >= 0.3 is 0 Å². The van der Waals surface area contributed by atoms with Gasteiger partial charge in [-0.2, -0.15) is 0 Å². The minimum Gasteiger partial charge on any atom is -0.309 e. The van der Waals surface area contributed by atoms with Gasteiger partial charge in [0.25, 0.3) is 10.0 Å². The van der Waals surface area contributed by atoms with E-state index in [0.717, 1.165) is 10.9 Å². The highest BCUT2D eigenvalue weighted by atomic mass is 32.2. The molecule has 9 heteroatoms. The summed E-state index contributed by atoms with van der Waals surface area (Å²) in [5, 5.41) is 6.53. The monoisotopic (exact) mass is 246 g/mol. The number of carbonyl (C=O) groups is 2. The number of imidazole rings is 1. The largest absolute Gasteiger partial charge is 0.309 e. The Bertz CT molecular complexity index is 545. The first-order valence-corrected chi connectivity index (χ1v) is 5.66. The quantitative estimate of drug-likeness (QED) is 0.703. The van der Waals surface area contributed by atoms with E-state index < -0.39 is 26.9 Å². The molecule has 0 aliphatic heterocycles. The van der Waals surface area contributed by atoms with Crippen LogP contribution in [0.2, 0.25) is 0 Å². The summed E-state index contributed by atoms with van der Waals surface area (Å²) in [7, 11) is -4.09. The second-order valence-corrected chi connectivity index (χ2v) is 4.49. The molecule has 1 amide bonds. The van der Waals surface area contributed by atoms with Crippen molar-refractivity contribution in [3.05, 3.63) is 6.33 Å². The zero-order chi connectivity index (χ0) is 12.5. The average Bonchev–Trinajstić information content (AvgIpc) is 2.45. The lowest BCUT2D eigenvalue weighted by Gasteiger charge is -2.05. The maximum absolute atomic E-state index is 11.1. The molecule has 0 aliphatic rings. The number of hydrogen-bond donors (Lipinski definition) is 2. The van der Waals surface area contributed by atoms with Crippen LogP contribution in [0.1, 0.15) is 18.6 Å². The van der Waals surface area contributed by atoms with Crippen LogP contribution in [0, 0.1) is 0 Å². The molecule has 8 nitrogen and oxygen atoms in total. The third-order valence-electron chi connectivity index (χ3n) is 1.64. The molecule has 1 rings (SSSR count). The zero-order valence-corrected chi connectivity index (χ0v) is 9.41. The van der Waals surface area contributed by atoms with Gasteiger partial charge in [0.15, 0.2) is 5.82 Å². The molecular formula is C7H10N4O4S. The van der Waals surface area contributed by atoms with E-state index in [-0.39, 0.29) is 5.82 Å². The van der Waals surface area contributed by atoms with Gasteiger partial charge < -0.3 is 5.32 Å². The summed E-state index contributed by atoms with van der Waals surface area (Å²) < 4.78 is 23.1. The second kappa shape index (κ2) is 4.02. The molecule has 0 spiro atoms. The summed E-state index contributed by atoms with van der Waals surface area (Å²) in [5.74, 6) is -1.28. The SMILES string of the molecule is CC(=O)Nc1c(S(N)(=O)=O)ncn1C(C)=O. The van der Waals surface area contributed by atoms with E-state index in [9.17, 15) is 18.0 Å². The number of nitrogens with two attached hydrogens (primary N) is 1. The lowest BCUT2D eigenvalue weighted by atomic mass is 10.6.